The number of phenolic OH excluding ortho intramolecular Hbond substituents is 4. The minimum Gasteiger partial charge on any atom is -0.504 e. The molecule has 0 amide bonds. The summed E-state index contributed by atoms with van der Waals surface area (Å²) in [7, 11) is 3.24. The number of fused-ring (bicyclic) bond motifs is 2. The fourth-order valence-electron chi connectivity index (χ4n) is 10.8. The number of phenols is 4. The third-order valence-corrected chi connectivity index (χ3v) is 15.1. The number of aliphatic hydroxyl groups is 17. The van der Waals surface area contributed by atoms with Crippen molar-refractivity contribution < 1.29 is 141 Å². The number of benzene rings is 4. The van der Waals surface area contributed by atoms with Gasteiger partial charge >= 0.3 is 0 Å². The van der Waals surface area contributed by atoms with Crippen LogP contribution in [0.25, 0.3) is 0 Å². The van der Waals surface area contributed by atoms with Crippen LogP contribution in [0.4, 0.5) is 0 Å². The average Bonchev–Trinajstić information content (AvgIpc) is 3.68. The van der Waals surface area contributed by atoms with Crippen LogP contribution >= 0.6 is 0 Å². The molecule has 2 heterocycles. The Balaban J connectivity index is 1.04. The van der Waals surface area contributed by atoms with Crippen LogP contribution in [0.1, 0.15) is 62.2 Å². The van der Waals surface area contributed by atoms with Crippen molar-refractivity contribution in [2.45, 2.75) is 78.1 Å². The number of Topliss-reactive ketones (excluding diaryl/α,β-unsaturated/α-hetero) is 2. The van der Waals surface area contributed by atoms with E-state index in [1.165, 1.54) is 0 Å². The molecular weight excluding hydrogens is 1050 g/mol. The van der Waals surface area contributed by atoms with Crippen LogP contribution in [0.3, 0.4) is 0 Å². The first kappa shape index (κ1) is 57.8. The predicted molar refractivity (Wildman–Crippen MR) is 247 cm³/mol. The Morgan fingerprint density at radius 1 is 0.590 bits per heavy atom. The van der Waals surface area contributed by atoms with Crippen LogP contribution in [-0.4, -0.2) is 205 Å². The van der Waals surface area contributed by atoms with Gasteiger partial charge in [0.25, 0.3) is 29.3 Å². The lowest BCUT2D eigenvalue weighted by atomic mass is 9.68. The van der Waals surface area contributed by atoms with Gasteiger partial charge < -0.3 is 131 Å². The van der Waals surface area contributed by atoms with Crippen LogP contribution in [0.2, 0.25) is 0 Å². The van der Waals surface area contributed by atoms with Gasteiger partial charge in [-0.3, -0.25) is 14.5 Å². The molecule has 4 aromatic rings. The number of likely N-dealkylation sites (tertiary alicyclic amines) is 2. The minimum absolute atomic E-state index is 0.135. The summed E-state index contributed by atoms with van der Waals surface area (Å²) in [6.45, 7) is -0.0329. The van der Waals surface area contributed by atoms with Gasteiger partial charge in [-0.15, -0.1) is 4.90 Å². The van der Waals surface area contributed by atoms with Gasteiger partial charge in [-0.1, -0.05) is 30.3 Å². The Hall–Kier alpha value is -6.34. The summed E-state index contributed by atoms with van der Waals surface area (Å²) in [5.74, 6) is -56.3. The summed E-state index contributed by atoms with van der Waals surface area (Å²) in [6, 6.07) is 12.9. The van der Waals surface area contributed by atoms with Gasteiger partial charge in [-0.2, -0.15) is 0 Å². The van der Waals surface area contributed by atoms with Gasteiger partial charge in [0, 0.05) is 41.1 Å². The Labute approximate surface area is 437 Å². The number of piperidine rings is 2. The van der Waals surface area contributed by atoms with Crippen LogP contribution in [0.5, 0.6) is 51.7 Å². The van der Waals surface area contributed by atoms with Crippen molar-refractivity contribution in [2.24, 2.45) is 17.8 Å². The first-order chi connectivity index (χ1) is 36.0. The molecule has 2 saturated heterocycles. The van der Waals surface area contributed by atoms with E-state index in [2.05, 4.69) is 0 Å². The number of hydrogen-bond acceptors (Lipinski definition) is 30. The second-order valence-corrected chi connectivity index (χ2v) is 19.4. The number of nitrogens with zero attached hydrogens (tertiary/aromatic N) is 2. The lowest BCUT2D eigenvalue weighted by Gasteiger charge is -2.65. The number of aromatic hydroxyl groups is 4. The van der Waals surface area contributed by atoms with E-state index in [0.717, 1.165) is 51.2 Å². The van der Waals surface area contributed by atoms with Gasteiger partial charge in [0.2, 0.25) is 35.6 Å². The SMILES string of the molecule is COc1cc2c(cc1OC)C(O)(O)C(CC1(O)C(O)(O)C(O)(O)N(C(O)(O)c3c(O)c(O)c(OCOc4cc5c(cc4OC)C(O)(O)C(C(O)(O)C4CCN(Cc6ccccc6)CC4)C5=O)c(O)c3O)C(O)(O)C1(O)O)C2=O. The second-order valence-electron chi connectivity index (χ2n) is 19.4. The Morgan fingerprint density at radius 3 is 1.56 bits per heavy atom. The average molecular weight is 1110 g/mol. The third kappa shape index (κ3) is 8.16. The lowest BCUT2D eigenvalue weighted by Crippen LogP contribution is -2.95. The highest BCUT2D eigenvalue weighted by Gasteiger charge is 2.88. The number of carbonyl (C=O) groups excluding carboxylic acids is 2. The normalized spacial score (nSPS) is 23.1. The molecule has 0 radical (unpaired) electrons. The highest BCUT2D eigenvalue weighted by atomic mass is 16.7. The number of hydrogen-bond donors (Lipinski definition) is 21. The zero-order valence-electron chi connectivity index (χ0n) is 41.0. The van der Waals surface area contributed by atoms with Crippen LogP contribution in [0, 0.1) is 17.8 Å². The quantitative estimate of drug-likeness (QED) is 0.0300. The molecule has 2 atom stereocenters. The molecular formula is C48H56N2O28. The smallest absolute Gasteiger partial charge is 0.294 e. The van der Waals surface area contributed by atoms with E-state index in [4.69, 9.17) is 23.7 Å². The molecule has 426 valence electrons. The Bertz CT molecular complexity index is 2960. The first-order valence-electron chi connectivity index (χ1n) is 23.2. The maximum Gasteiger partial charge on any atom is 0.294 e. The maximum atomic E-state index is 13.9. The molecule has 8 rings (SSSR count). The number of methoxy groups -OCH3 is 3. The summed E-state index contributed by atoms with van der Waals surface area (Å²) in [5, 5.41) is 237. The monoisotopic (exact) mass is 1110 g/mol. The molecule has 2 aliphatic heterocycles. The van der Waals surface area contributed by atoms with Crippen LogP contribution < -0.4 is 23.7 Å². The standard InChI is InChI=1S/C48H56N2O28/c1-74-27-13-22-24(15-28(27)75-2)42(60,61)26(32(22)51)17-40(57)45(66,67)47(70,71)50(48(72,73)46(40,68)69)44(64,65)31-34(53)36(55)38(37(56)35(31)54)78-19-77-30-14-23-25(16-29(30)76-3)43(62,63)39(33(23)52)41(58,59)21-9-11-49(12-10-21)18-20-7-5-4-6-8-20/h4-8,13-16,21,26,39,53-73H,9-12,17-19H2,1-3H3. The summed E-state index contributed by atoms with van der Waals surface area (Å²) in [6.07, 6.45) is -1.97. The van der Waals surface area contributed by atoms with Crippen LogP contribution in [-0.2, 0) is 24.0 Å². The van der Waals surface area contributed by atoms with E-state index in [-0.39, 0.29) is 24.3 Å². The van der Waals surface area contributed by atoms with Crippen molar-refractivity contribution in [1.29, 1.82) is 0 Å². The summed E-state index contributed by atoms with van der Waals surface area (Å²) >= 11 is 0. The van der Waals surface area contributed by atoms with E-state index in [1.54, 1.807) is 0 Å². The van der Waals surface area contributed by atoms with Crippen molar-refractivity contribution >= 4 is 11.6 Å². The Kier molecular flexibility index (Phi) is 14.0. The molecule has 21 N–H and O–H groups in total. The molecule has 0 aromatic heterocycles. The summed E-state index contributed by atoms with van der Waals surface area (Å²) < 4.78 is 26.0. The van der Waals surface area contributed by atoms with Gasteiger partial charge in [-0.05, 0) is 55.8 Å². The van der Waals surface area contributed by atoms with E-state index >= 15 is 0 Å². The fraction of sp³-hybridized carbons (Fsp3) is 0.458. The predicted octanol–water partition coefficient (Wildman–Crippen LogP) is -5.69. The summed E-state index contributed by atoms with van der Waals surface area (Å²) in [5.41, 5.74) is -8.71. The molecule has 4 aliphatic rings. The van der Waals surface area contributed by atoms with Crippen molar-refractivity contribution in [3.63, 3.8) is 0 Å². The molecule has 0 saturated carbocycles. The minimum atomic E-state index is -5.44. The molecule has 0 bridgehead atoms. The van der Waals surface area contributed by atoms with Crippen molar-refractivity contribution in [3.05, 3.63) is 88.0 Å². The van der Waals surface area contributed by atoms with Crippen molar-refractivity contribution in [3.8, 4) is 51.7 Å². The fourth-order valence-corrected chi connectivity index (χ4v) is 10.8. The number of rotatable bonds is 15. The van der Waals surface area contributed by atoms with Crippen molar-refractivity contribution in [2.75, 3.05) is 41.2 Å². The highest BCUT2D eigenvalue weighted by molar-refractivity contribution is 6.05. The molecule has 4 aromatic carbocycles. The maximum absolute atomic E-state index is 13.9. The van der Waals surface area contributed by atoms with Gasteiger partial charge in [-0.25, -0.2) is 0 Å². The number of ketones is 2. The summed E-state index contributed by atoms with van der Waals surface area (Å²) in [4.78, 5) is 27.8. The third-order valence-electron chi connectivity index (χ3n) is 15.1. The zero-order chi connectivity index (χ0) is 58.1. The van der Waals surface area contributed by atoms with E-state index in [1.807, 2.05) is 35.2 Å². The highest BCUT2D eigenvalue weighted by Crippen LogP contribution is 2.61. The molecule has 30 heteroatoms. The van der Waals surface area contributed by atoms with E-state index in [0.29, 0.717) is 19.6 Å². The molecule has 78 heavy (non-hydrogen) atoms. The topological polar surface area (TPSA) is 512 Å². The molecule has 30 nitrogen and oxygen atoms in total. The molecule has 2 unspecified atom stereocenters. The van der Waals surface area contributed by atoms with Gasteiger partial charge in [0.05, 0.1) is 27.2 Å². The lowest BCUT2D eigenvalue weighted by molar-refractivity contribution is -0.629. The number of ether oxygens (including phenoxy) is 5. The zero-order valence-corrected chi connectivity index (χ0v) is 41.0. The van der Waals surface area contributed by atoms with Gasteiger partial charge in [0.1, 0.15) is 11.5 Å². The van der Waals surface area contributed by atoms with Crippen LogP contribution in [0.15, 0.2) is 54.6 Å². The molecule has 2 aliphatic carbocycles. The van der Waals surface area contributed by atoms with Crippen molar-refractivity contribution in [1.82, 2.24) is 9.80 Å². The van der Waals surface area contributed by atoms with E-state index in [9.17, 15) is 117 Å². The molecule has 2 fully saturated rings. The molecule has 0 spiro atoms. The number of carbonyl (C=O) groups is 2. The van der Waals surface area contributed by atoms with E-state index < -0.39 is 168 Å². The second kappa shape index (κ2) is 18.9. The van der Waals surface area contributed by atoms with Gasteiger partial charge in [0.15, 0.2) is 57.5 Å². The Morgan fingerprint density at radius 2 is 1.05 bits per heavy atom. The largest absolute Gasteiger partial charge is 0.504 e. The first-order valence-corrected chi connectivity index (χ1v) is 23.2.